The van der Waals surface area contributed by atoms with E-state index in [9.17, 15) is 34.8 Å². The second kappa shape index (κ2) is 12.4. The number of carboxylic acid groups (broad SMARTS) is 1. The quantitative estimate of drug-likeness (QED) is 0.229. The fourth-order valence-electron chi connectivity index (χ4n) is 6.67. The zero-order chi connectivity index (χ0) is 32.0. The summed E-state index contributed by atoms with van der Waals surface area (Å²) in [6.07, 6.45) is -0.482. The van der Waals surface area contributed by atoms with Gasteiger partial charge in [-0.25, -0.2) is 14.8 Å². The minimum atomic E-state index is -1.73. The minimum absolute atomic E-state index is 0.0254. The van der Waals surface area contributed by atoms with E-state index >= 15 is 0 Å². The summed E-state index contributed by atoms with van der Waals surface area (Å²) in [5, 5.41) is 43.7. The predicted octanol–water partition coefficient (Wildman–Crippen LogP) is 0.570. The maximum Gasteiger partial charge on any atom is 0.335 e. The third-order valence-corrected chi connectivity index (χ3v) is 9.11. The van der Waals surface area contributed by atoms with E-state index in [1.165, 1.54) is 6.92 Å². The van der Waals surface area contributed by atoms with Crippen molar-refractivity contribution in [1.82, 2.24) is 24.4 Å². The average molecular weight is 624 g/mol. The van der Waals surface area contributed by atoms with E-state index < -0.39 is 36.6 Å². The molecule has 5 N–H and O–H groups in total. The van der Waals surface area contributed by atoms with E-state index in [2.05, 4.69) is 20.2 Å². The van der Waals surface area contributed by atoms with Crippen LogP contribution in [0.5, 0.6) is 0 Å². The molecule has 1 saturated carbocycles. The van der Waals surface area contributed by atoms with Gasteiger partial charge in [0, 0.05) is 43.8 Å². The number of nitrogens with one attached hydrogen (secondary N) is 1. The zero-order valence-electron chi connectivity index (χ0n) is 25.0. The number of aliphatic hydroxyl groups is 3. The fraction of sp³-hybridized carbons (Fsp3) is 0.533. The van der Waals surface area contributed by atoms with Crippen molar-refractivity contribution in [3.05, 3.63) is 46.0 Å². The van der Waals surface area contributed by atoms with Crippen LogP contribution in [0.25, 0.3) is 11.0 Å². The Morgan fingerprint density at radius 2 is 1.69 bits per heavy atom. The Morgan fingerprint density at radius 1 is 0.978 bits per heavy atom. The lowest BCUT2D eigenvalue weighted by Crippen LogP contribution is -2.66. The van der Waals surface area contributed by atoms with Gasteiger partial charge in [0.15, 0.2) is 11.9 Å². The smallest absolute Gasteiger partial charge is 0.335 e. The van der Waals surface area contributed by atoms with Crippen LogP contribution >= 0.6 is 0 Å². The van der Waals surface area contributed by atoms with E-state index in [-0.39, 0.29) is 28.9 Å². The number of rotatable bonds is 7. The molecule has 5 heterocycles. The first kappa shape index (κ1) is 31.0. The number of aliphatic hydroxyl groups excluding tert-OH is 3. The Labute approximate surface area is 258 Å². The summed E-state index contributed by atoms with van der Waals surface area (Å²) in [5.74, 6) is -0.916. The fourth-order valence-corrected chi connectivity index (χ4v) is 6.67. The maximum absolute atomic E-state index is 13.5. The topological polar surface area (TPSA) is 203 Å². The molecule has 0 spiro atoms. The standard InChI is InChI=1S/C30H37N7O8/c1-15-19-14-32-30(34-26(19)37(17-5-3-4-6-17)27(42)21(15)16(2)38)33-20-8-7-18(13-31-20)35-9-11-36(12-10-35)28-24(41)22(39)23(40)25(45-28)29(43)44/h7-8,13-14,17,22-25,28,39-41H,3-6,9-12H2,1-2H3,(H,43,44)(H,31,32,33,34)/t22-,23-,24+,25-,28+/m0/s1. The molecule has 240 valence electrons. The van der Waals surface area contributed by atoms with Gasteiger partial charge < -0.3 is 35.4 Å². The molecule has 2 aliphatic heterocycles. The summed E-state index contributed by atoms with van der Waals surface area (Å²) >= 11 is 0. The molecule has 1 aliphatic carbocycles. The Balaban J connectivity index is 1.16. The highest BCUT2D eigenvalue weighted by atomic mass is 16.6. The molecule has 45 heavy (non-hydrogen) atoms. The number of ether oxygens (including phenoxy) is 1. The monoisotopic (exact) mass is 623 g/mol. The van der Waals surface area contributed by atoms with Crippen LogP contribution in [-0.4, -0.2) is 113 Å². The number of nitrogens with zero attached hydrogens (tertiary/aromatic N) is 6. The van der Waals surface area contributed by atoms with Gasteiger partial charge in [-0.2, -0.15) is 4.98 Å². The second-order valence-electron chi connectivity index (χ2n) is 11.9. The molecule has 0 bridgehead atoms. The lowest BCUT2D eigenvalue weighted by molar-refractivity contribution is -0.260. The van der Waals surface area contributed by atoms with Gasteiger partial charge in [0.1, 0.15) is 36.0 Å². The molecule has 3 aromatic heterocycles. The molecular weight excluding hydrogens is 586 g/mol. The molecule has 0 amide bonds. The number of aliphatic carboxylic acids is 1. The lowest BCUT2D eigenvalue weighted by atomic mass is 9.97. The van der Waals surface area contributed by atoms with Crippen molar-refractivity contribution in [2.75, 3.05) is 36.4 Å². The van der Waals surface area contributed by atoms with Crippen LogP contribution in [0.3, 0.4) is 0 Å². The Hall–Kier alpha value is -4.02. The lowest BCUT2D eigenvalue weighted by Gasteiger charge is -2.46. The molecule has 15 heteroatoms. The molecule has 15 nitrogen and oxygen atoms in total. The van der Waals surface area contributed by atoms with Gasteiger partial charge in [-0.15, -0.1) is 0 Å². The highest BCUT2D eigenvalue weighted by Gasteiger charge is 2.49. The summed E-state index contributed by atoms with van der Waals surface area (Å²) in [7, 11) is 0. The van der Waals surface area contributed by atoms with E-state index in [4.69, 9.17) is 9.72 Å². The van der Waals surface area contributed by atoms with Crippen molar-refractivity contribution in [3.8, 4) is 0 Å². The highest BCUT2D eigenvalue weighted by molar-refractivity contribution is 5.99. The molecule has 3 fully saturated rings. The molecule has 0 aromatic carbocycles. The summed E-state index contributed by atoms with van der Waals surface area (Å²) in [4.78, 5) is 54.8. The number of anilines is 3. The van der Waals surface area contributed by atoms with Crippen LogP contribution in [0.4, 0.5) is 17.5 Å². The molecule has 0 radical (unpaired) electrons. The second-order valence-corrected chi connectivity index (χ2v) is 11.9. The largest absolute Gasteiger partial charge is 0.479 e. The number of fused-ring (bicyclic) bond motifs is 1. The van der Waals surface area contributed by atoms with Crippen LogP contribution in [0.15, 0.2) is 29.3 Å². The number of Topliss-reactive ketones (excluding diaryl/α,β-unsaturated/α-hetero) is 1. The maximum atomic E-state index is 13.5. The number of carbonyl (C=O) groups excluding carboxylic acids is 1. The SMILES string of the molecule is CC(=O)c1c(C)c2cnc(Nc3ccc(N4CCN([C@@H]5O[C@H](C(=O)O)[C@@H](O)[C@H](O)[C@H]5O)CC4)cn3)nc2n(C2CCCC2)c1=O. The third kappa shape index (κ3) is 5.77. The normalized spacial score (nSPS) is 26.3. The summed E-state index contributed by atoms with van der Waals surface area (Å²) < 4.78 is 7.13. The first-order valence-corrected chi connectivity index (χ1v) is 15.1. The summed E-state index contributed by atoms with van der Waals surface area (Å²) in [6.45, 7) is 5.02. The van der Waals surface area contributed by atoms with E-state index in [0.717, 1.165) is 31.4 Å². The number of ketones is 1. The number of hydrogen-bond donors (Lipinski definition) is 5. The van der Waals surface area contributed by atoms with Gasteiger partial charge >= 0.3 is 5.97 Å². The van der Waals surface area contributed by atoms with Crippen LogP contribution in [0, 0.1) is 6.92 Å². The Morgan fingerprint density at radius 3 is 2.31 bits per heavy atom. The molecule has 6 rings (SSSR count). The van der Waals surface area contributed by atoms with E-state index in [1.54, 1.807) is 34.9 Å². The van der Waals surface area contributed by atoms with Gasteiger partial charge in [0.05, 0.1) is 17.4 Å². The van der Waals surface area contributed by atoms with E-state index in [1.807, 2.05) is 6.07 Å². The number of aromatic nitrogens is 4. The van der Waals surface area contributed by atoms with Gasteiger partial charge in [-0.3, -0.25) is 19.1 Å². The van der Waals surface area contributed by atoms with Gasteiger partial charge in [-0.05, 0) is 44.4 Å². The first-order valence-electron chi connectivity index (χ1n) is 15.1. The number of carbonyl (C=O) groups is 2. The third-order valence-electron chi connectivity index (χ3n) is 9.11. The van der Waals surface area contributed by atoms with Crippen LogP contribution in [0.2, 0.25) is 0 Å². The number of aryl methyl sites for hydroxylation is 1. The van der Waals surface area contributed by atoms with Crippen molar-refractivity contribution in [1.29, 1.82) is 0 Å². The predicted molar refractivity (Wildman–Crippen MR) is 162 cm³/mol. The number of pyridine rings is 2. The van der Waals surface area contributed by atoms with Gasteiger partial charge in [-0.1, -0.05) is 12.8 Å². The van der Waals surface area contributed by atoms with Crippen molar-refractivity contribution >= 4 is 40.2 Å². The average Bonchev–Trinajstić information content (AvgIpc) is 3.55. The van der Waals surface area contributed by atoms with Gasteiger partial charge in [0.25, 0.3) is 5.56 Å². The van der Waals surface area contributed by atoms with Crippen LogP contribution < -0.4 is 15.8 Å². The van der Waals surface area contributed by atoms with Crippen molar-refractivity contribution in [2.24, 2.45) is 0 Å². The first-order chi connectivity index (χ1) is 21.5. The van der Waals surface area contributed by atoms with Crippen molar-refractivity contribution in [2.45, 2.75) is 76.2 Å². The number of hydrogen-bond acceptors (Lipinski definition) is 13. The Bertz CT molecular complexity index is 1650. The highest BCUT2D eigenvalue weighted by Crippen LogP contribution is 2.32. The molecule has 3 aromatic rings. The summed E-state index contributed by atoms with van der Waals surface area (Å²) in [6, 6.07) is 3.64. The number of piperazine rings is 1. The molecule has 5 atom stereocenters. The van der Waals surface area contributed by atoms with Gasteiger partial charge in [0.2, 0.25) is 5.95 Å². The molecule has 0 unspecified atom stereocenters. The molecular formula is C30H37N7O8. The number of carboxylic acids is 1. The zero-order valence-corrected chi connectivity index (χ0v) is 25.0. The summed E-state index contributed by atoms with van der Waals surface area (Å²) in [5.41, 5.74) is 1.77. The molecule has 3 aliphatic rings. The van der Waals surface area contributed by atoms with Crippen molar-refractivity contribution in [3.63, 3.8) is 0 Å². The van der Waals surface area contributed by atoms with E-state index in [0.29, 0.717) is 48.6 Å². The van der Waals surface area contributed by atoms with Crippen LogP contribution in [-0.2, 0) is 9.53 Å². The molecule has 2 saturated heterocycles. The minimum Gasteiger partial charge on any atom is -0.479 e. The Kier molecular flexibility index (Phi) is 8.54. The van der Waals surface area contributed by atoms with Crippen molar-refractivity contribution < 1.29 is 34.8 Å². The van der Waals surface area contributed by atoms with Crippen LogP contribution in [0.1, 0.15) is 54.6 Å².